The fourth-order valence-electron chi connectivity index (χ4n) is 4.27. The molecule has 7 nitrogen and oxygen atoms in total. The summed E-state index contributed by atoms with van der Waals surface area (Å²) < 4.78 is 2.05. The molecule has 0 spiro atoms. The van der Waals surface area contributed by atoms with Gasteiger partial charge in [-0.1, -0.05) is 30.3 Å². The van der Waals surface area contributed by atoms with Gasteiger partial charge in [0.2, 0.25) is 0 Å². The first-order chi connectivity index (χ1) is 17.1. The Bertz CT molecular complexity index is 1380. The average Bonchev–Trinajstić information content (AvgIpc) is 3.32. The summed E-state index contributed by atoms with van der Waals surface area (Å²) in [5.74, 6) is 0.998. The minimum absolute atomic E-state index is 0.744. The molecule has 1 aliphatic heterocycles. The Labute approximate surface area is 205 Å². The van der Waals surface area contributed by atoms with Crippen LogP contribution in [0.4, 0.5) is 11.5 Å². The number of aromatic nitrogens is 3. The van der Waals surface area contributed by atoms with Crippen molar-refractivity contribution in [3.05, 3.63) is 84.5 Å². The Morgan fingerprint density at radius 2 is 1.71 bits per heavy atom. The number of benzene rings is 1. The maximum Gasteiger partial charge on any atom is 0.137 e. The molecule has 0 aliphatic carbocycles. The quantitative estimate of drug-likeness (QED) is 0.378. The first kappa shape index (κ1) is 22.7. The van der Waals surface area contributed by atoms with Crippen molar-refractivity contribution in [2.45, 2.75) is 6.92 Å². The van der Waals surface area contributed by atoms with E-state index in [0.717, 1.165) is 71.4 Å². The summed E-state index contributed by atoms with van der Waals surface area (Å²) in [7, 11) is 2.15. The molecule has 0 N–H and O–H groups in total. The van der Waals surface area contributed by atoms with Crippen molar-refractivity contribution in [3.8, 4) is 11.1 Å². The van der Waals surface area contributed by atoms with Crippen LogP contribution in [0.5, 0.6) is 0 Å². The summed E-state index contributed by atoms with van der Waals surface area (Å²) in [5.41, 5.74) is 6.43. The number of fused-ring (bicyclic) bond motifs is 1. The van der Waals surface area contributed by atoms with Crippen molar-refractivity contribution in [2.75, 3.05) is 38.1 Å². The third-order valence-electron chi connectivity index (χ3n) is 6.35. The van der Waals surface area contributed by atoms with Crippen LogP contribution in [0.1, 0.15) is 12.6 Å². The predicted octanol–water partition coefficient (Wildman–Crippen LogP) is 4.98. The fraction of sp³-hybridized carbons (Fsp3) is 0.214. The van der Waals surface area contributed by atoms with Crippen LogP contribution in [-0.2, 0) is 0 Å². The zero-order valence-electron chi connectivity index (χ0n) is 20.2. The lowest BCUT2D eigenvalue weighted by atomic mass is 10.1. The molecule has 4 heterocycles. The maximum atomic E-state index is 4.64. The highest BCUT2D eigenvalue weighted by Gasteiger charge is 2.15. The van der Waals surface area contributed by atoms with E-state index in [4.69, 9.17) is 0 Å². The smallest absolute Gasteiger partial charge is 0.137 e. The van der Waals surface area contributed by atoms with Gasteiger partial charge in [0.1, 0.15) is 11.5 Å². The molecule has 7 heteroatoms. The lowest BCUT2D eigenvalue weighted by Crippen LogP contribution is -2.44. The molecule has 1 aromatic carbocycles. The lowest BCUT2D eigenvalue weighted by molar-refractivity contribution is 0.312. The number of rotatable bonds is 6. The Morgan fingerprint density at radius 1 is 0.914 bits per heavy atom. The highest BCUT2D eigenvalue weighted by atomic mass is 15.3. The molecule has 1 aliphatic rings. The summed E-state index contributed by atoms with van der Waals surface area (Å²) in [4.78, 5) is 22.8. The molecule has 3 aromatic heterocycles. The zero-order chi connectivity index (χ0) is 24.2. The van der Waals surface area contributed by atoms with Crippen molar-refractivity contribution >= 4 is 35.8 Å². The van der Waals surface area contributed by atoms with Gasteiger partial charge in [0, 0.05) is 38.6 Å². The van der Waals surface area contributed by atoms with Gasteiger partial charge in [-0.3, -0.25) is 14.4 Å². The van der Waals surface area contributed by atoms with Crippen LogP contribution in [0.2, 0.25) is 0 Å². The van der Waals surface area contributed by atoms with E-state index >= 15 is 0 Å². The van der Waals surface area contributed by atoms with E-state index < -0.39 is 0 Å². The third-order valence-corrected chi connectivity index (χ3v) is 6.35. The number of pyridine rings is 2. The number of allylic oxidation sites excluding steroid dienone is 1. The molecule has 0 unspecified atom stereocenters. The monoisotopic (exact) mass is 463 g/mol. The molecule has 0 atom stereocenters. The predicted molar refractivity (Wildman–Crippen MR) is 145 cm³/mol. The SMILES string of the molecule is C=N/C(=C(/C)C=Nc1ccc(N2CCN(C)CC2)nc1)c1cnc2ccc(-c3ccccc3)cn12. The van der Waals surface area contributed by atoms with Gasteiger partial charge in [0.15, 0.2) is 0 Å². The van der Waals surface area contributed by atoms with Crippen LogP contribution in [0.15, 0.2) is 88.7 Å². The second-order valence-electron chi connectivity index (χ2n) is 8.77. The molecule has 0 radical (unpaired) electrons. The second kappa shape index (κ2) is 10.0. The van der Waals surface area contributed by atoms with Crippen molar-refractivity contribution < 1.29 is 0 Å². The number of piperazine rings is 1. The molecule has 0 saturated carbocycles. The molecule has 5 rings (SSSR count). The molecule has 1 fully saturated rings. The van der Waals surface area contributed by atoms with Crippen LogP contribution in [0.3, 0.4) is 0 Å². The maximum absolute atomic E-state index is 4.64. The topological polar surface area (TPSA) is 61.4 Å². The number of anilines is 1. The van der Waals surface area contributed by atoms with Gasteiger partial charge < -0.3 is 9.80 Å². The van der Waals surface area contributed by atoms with E-state index in [2.05, 4.69) is 72.3 Å². The summed E-state index contributed by atoms with van der Waals surface area (Å²) in [5, 5.41) is 0. The summed E-state index contributed by atoms with van der Waals surface area (Å²) in [6.07, 6.45) is 7.55. The van der Waals surface area contributed by atoms with E-state index in [1.807, 2.05) is 61.9 Å². The van der Waals surface area contributed by atoms with Crippen molar-refractivity contribution in [1.29, 1.82) is 0 Å². The van der Waals surface area contributed by atoms with Crippen molar-refractivity contribution in [3.63, 3.8) is 0 Å². The fourth-order valence-corrected chi connectivity index (χ4v) is 4.27. The minimum atomic E-state index is 0.744. The van der Waals surface area contributed by atoms with Crippen molar-refractivity contribution in [1.82, 2.24) is 19.3 Å². The highest BCUT2D eigenvalue weighted by Crippen LogP contribution is 2.25. The molecule has 35 heavy (non-hydrogen) atoms. The third kappa shape index (κ3) is 4.90. The van der Waals surface area contributed by atoms with Crippen LogP contribution < -0.4 is 4.90 Å². The van der Waals surface area contributed by atoms with E-state index in [1.54, 1.807) is 0 Å². The Morgan fingerprint density at radius 3 is 2.43 bits per heavy atom. The van der Waals surface area contributed by atoms with Crippen LogP contribution in [-0.4, -0.2) is 65.4 Å². The van der Waals surface area contributed by atoms with Crippen LogP contribution in [0, 0.1) is 0 Å². The normalized spacial score (nSPS) is 15.5. The molecule has 4 aromatic rings. The molecular formula is C28H29N7. The number of likely N-dealkylation sites (N-methyl/N-ethyl adjacent to an activating group) is 1. The first-order valence-corrected chi connectivity index (χ1v) is 11.8. The molecule has 0 amide bonds. The average molecular weight is 464 g/mol. The summed E-state index contributed by atoms with van der Waals surface area (Å²) >= 11 is 0. The van der Waals surface area contributed by atoms with Gasteiger partial charge in [-0.25, -0.2) is 9.97 Å². The number of aliphatic imine (C=N–C) groups is 2. The second-order valence-corrected chi connectivity index (χ2v) is 8.77. The van der Waals surface area contributed by atoms with Gasteiger partial charge >= 0.3 is 0 Å². The van der Waals surface area contributed by atoms with E-state index in [9.17, 15) is 0 Å². The summed E-state index contributed by atoms with van der Waals surface area (Å²) in [6, 6.07) is 18.4. The van der Waals surface area contributed by atoms with E-state index in [1.165, 1.54) is 0 Å². The first-order valence-electron chi connectivity index (χ1n) is 11.8. The number of nitrogens with zero attached hydrogens (tertiary/aromatic N) is 7. The van der Waals surface area contributed by atoms with Gasteiger partial charge in [-0.2, -0.15) is 0 Å². The molecular weight excluding hydrogens is 434 g/mol. The van der Waals surface area contributed by atoms with E-state index in [-0.39, 0.29) is 0 Å². The molecule has 0 bridgehead atoms. The zero-order valence-corrected chi connectivity index (χ0v) is 20.2. The summed E-state index contributed by atoms with van der Waals surface area (Å²) in [6.45, 7) is 9.90. The highest BCUT2D eigenvalue weighted by molar-refractivity contribution is 5.91. The van der Waals surface area contributed by atoms with Crippen LogP contribution >= 0.6 is 0 Å². The van der Waals surface area contributed by atoms with Gasteiger partial charge in [0.05, 0.1) is 29.5 Å². The number of hydrogen-bond donors (Lipinski definition) is 0. The molecule has 176 valence electrons. The van der Waals surface area contributed by atoms with Gasteiger partial charge in [-0.05, 0) is 61.7 Å². The molecule has 1 saturated heterocycles. The van der Waals surface area contributed by atoms with Gasteiger partial charge in [-0.15, -0.1) is 0 Å². The number of imidazole rings is 1. The Hall–Kier alpha value is -4.10. The Balaban J connectivity index is 1.40. The standard InChI is InChI=1S/C28H29N7/c1-21(17-30-24-10-12-26(31-18-24)34-15-13-33(3)14-16-34)28(29-2)25-19-32-27-11-9-23(20-35(25)27)22-7-5-4-6-8-22/h4-12,17-20H,2,13-16H2,1,3H3/b28-21-,30-17?. The number of hydrogen-bond acceptors (Lipinski definition) is 6. The Kier molecular flexibility index (Phi) is 6.50. The largest absolute Gasteiger partial charge is 0.354 e. The van der Waals surface area contributed by atoms with Crippen LogP contribution in [0.25, 0.3) is 22.5 Å². The minimum Gasteiger partial charge on any atom is -0.354 e. The van der Waals surface area contributed by atoms with E-state index in [0.29, 0.717) is 0 Å². The lowest BCUT2D eigenvalue weighted by Gasteiger charge is -2.33. The van der Waals surface area contributed by atoms with Crippen molar-refractivity contribution in [2.24, 2.45) is 9.98 Å². The van der Waals surface area contributed by atoms with Gasteiger partial charge in [0.25, 0.3) is 0 Å².